The van der Waals surface area contributed by atoms with Crippen molar-refractivity contribution >= 4 is 0 Å². The Bertz CT molecular complexity index is 833. The van der Waals surface area contributed by atoms with E-state index in [1.54, 1.807) is 31.5 Å². The molecule has 1 aliphatic rings. The molecule has 1 aliphatic heterocycles. The van der Waals surface area contributed by atoms with Crippen LogP contribution in [0.25, 0.3) is 0 Å². The SMILES string of the molecule is Cc1nc2c(c(=O)[nH]1)[C@@H](c1cccnc1)C(C#N)=C(N)O2. The van der Waals surface area contributed by atoms with E-state index in [-0.39, 0.29) is 28.5 Å². The normalized spacial score (nSPS) is 16.9. The lowest BCUT2D eigenvalue weighted by Crippen LogP contribution is -2.29. The Morgan fingerprint density at radius 1 is 1.52 bits per heavy atom. The molecule has 3 rings (SSSR count). The molecule has 3 N–H and O–H groups in total. The van der Waals surface area contributed by atoms with Gasteiger partial charge >= 0.3 is 0 Å². The van der Waals surface area contributed by atoms with Crippen LogP contribution in [0.15, 0.2) is 40.8 Å². The minimum Gasteiger partial charge on any atom is -0.422 e. The first-order valence-electron chi connectivity index (χ1n) is 6.20. The summed E-state index contributed by atoms with van der Waals surface area (Å²) in [6, 6.07) is 5.51. The smallest absolute Gasteiger partial charge is 0.258 e. The molecule has 2 aromatic rings. The topological polar surface area (TPSA) is 118 Å². The highest BCUT2D eigenvalue weighted by atomic mass is 16.5. The van der Waals surface area contributed by atoms with Crippen molar-refractivity contribution in [2.45, 2.75) is 12.8 Å². The summed E-state index contributed by atoms with van der Waals surface area (Å²) >= 11 is 0. The molecule has 3 heterocycles. The first-order chi connectivity index (χ1) is 10.1. The van der Waals surface area contributed by atoms with E-state index in [2.05, 4.69) is 15.0 Å². The van der Waals surface area contributed by atoms with Crippen LogP contribution in [-0.4, -0.2) is 15.0 Å². The molecule has 21 heavy (non-hydrogen) atoms. The Hall–Kier alpha value is -3.14. The molecule has 104 valence electrons. The number of pyridine rings is 1. The molecule has 0 amide bonds. The minimum atomic E-state index is -0.635. The number of nitriles is 1. The van der Waals surface area contributed by atoms with Crippen molar-refractivity contribution in [3.8, 4) is 11.9 Å². The summed E-state index contributed by atoms with van der Waals surface area (Å²) in [5.41, 5.74) is 6.55. The van der Waals surface area contributed by atoms with Crippen LogP contribution in [0.4, 0.5) is 0 Å². The van der Waals surface area contributed by atoms with Gasteiger partial charge < -0.3 is 15.5 Å². The molecule has 0 radical (unpaired) electrons. The standard InChI is InChI=1S/C14H11N5O2/c1-7-18-13(20)11-10(8-3-2-4-17-6-8)9(5-15)12(16)21-14(11)19-7/h2-4,6,10H,16H2,1H3,(H,18,19,20)/t10-/m0/s1. The maximum atomic E-state index is 12.3. The van der Waals surface area contributed by atoms with Gasteiger partial charge in [0.05, 0.1) is 11.5 Å². The van der Waals surface area contributed by atoms with Gasteiger partial charge in [0.15, 0.2) is 0 Å². The summed E-state index contributed by atoms with van der Waals surface area (Å²) in [7, 11) is 0. The number of aromatic amines is 1. The zero-order valence-corrected chi connectivity index (χ0v) is 11.1. The number of rotatable bonds is 1. The van der Waals surface area contributed by atoms with Gasteiger partial charge in [0.1, 0.15) is 17.5 Å². The number of hydrogen-bond acceptors (Lipinski definition) is 6. The maximum absolute atomic E-state index is 12.3. The Kier molecular flexibility index (Phi) is 2.92. The largest absolute Gasteiger partial charge is 0.422 e. The van der Waals surface area contributed by atoms with E-state index < -0.39 is 5.92 Å². The van der Waals surface area contributed by atoms with Crippen LogP contribution in [0.2, 0.25) is 0 Å². The highest BCUT2D eigenvalue weighted by molar-refractivity contribution is 5.52. The van der Waals surface area contributed by atoms with Gasteiger partial charge in [0.25, 0.3) is 5.56 Å². The van der Waals surface area contributed by atoms with Crippen molar-refractivity contribution in [2.24, 2.45) is 5.73 Å². The van der Waals surface area contributed by atoms with Gasteiger partial charge in [-0.2, -0.15) is 10.2 Å². The Balaban J connectivity index is 2.32. The third-order valence-corrected chi connectivity index (χ3v) is 3.23. The van der Waals surface area contributed by atoms with Gasteiger partial charge in [0.2, 0.25) is 11.8 Å². The van der Waals surface area contributed by atoms with Crippen molar-refractivity contribution in [3.05, 3.63) is 63.3 Å². The molecule has 7 heteroatoms. The van der Waals surface area contributed by atoms with Crippen molar-refractivity contribution in [1.82, 2.24) is 15.0 Å². The van der Waals surface area contributed by atoms with Crippen LogP contribution in [0.1, 0.15) is 22.9 Å². The van der Waals surface area contributed by atoms with E-state index in [1.165, 1.54) is 0 Å². The van der Waals surface area contributed by atoms with Crippen molar-refractivity contribution in [2.75, 3.05) is 0 Å². The molecule has 0 bridgehead atoms. The van der Waals surface area contributed by atoms with Crippen LogP contribution >= 0.6 is 0 Å². The number of nitrogens with two attached hydrogens (primary N) is 1. The predicted octanol–water partition coefficient (Wildman–Crippen LogP) is 0.692. The number of hydrogen-bond donors (Lipinski definition) is 2. The average molecular weight is 281 g/mol. The molecule has 0 spiro atoms. The summed E-state index contributed by atoms with van der Waals surface area (Å²) in [5.74, 6) is -0.140. The van der Waals surface area contributed by atoms with Crippen LogP contribution in [0, 0.1) is 18.3 Å². The van der Waals surface area contributed by atoms with Crippen LogP contribution < -0.4 is 16.0 Å². The second-order valence-corrected chi connectivity index (χ2v) is 4.58. The maximum Gasteiger partial charge on any atom is 0.258 e. The molecule has 0 saturated heterocycles. The summed E-state index contributed by atoms with van der Waals surface area (Å²) in [6.45, 7) is 1.64. The van der Waals surface area contributed by atoms with Crippen LogP contribution in [-0.2, 0) is 0 Å². The fraction of sp³-hybridized carbons (Fsp3) is 0.143. The molecule has 0 aromatic carbocycles. The summed E-state index contributed by atoms with van der Waals surface area (Å²) in [5, 5.41) is 9.34. The minimum absolute atomic E-state index is 0.0450. The molecule has 2 aromatic heterocycles. The number of ether oxygens (including phenoxy) is 1. The van der Waals surface area contributed by atoms with Crippen molar-refractivity contribution < 1.29 is 4.74 Å². The zero-order chi connectivity index (χ0) is 15.0. The molecule has 7 nitrogen and oxygen atoms in total. The van der Waals surface area contributed by atoms with Gasteiger partial charge in [-0.15, -0.1) is 0 Å². The van der Waals surface area contributed by atoms with Gasteiger partial charge in [-0.3, -0.25) is 9.78 Å². The first kappa shape index (κ1) is 12.9. The fourth-order valence-electron chi connectivity index (χ4n) is 2.35. The number of aromatic nitrogens is 3. The van der Waals surface area contributed by atoms with E-state index >= 15 is 0 Å². The second kappa shape index (κ2) is 4.76. The van der Waals surface area contributed by atoms with E-state index in [0.717, 1.165) is 0 Å². The van der Waals surface area contributed by atoms with E-state index in [1.807, 2.05) is 6.07 Å². The fourth-order valence-corrected chi connectivity index (χ4v) is 2.35. The predicted molar refractivity (Wildman–Crippen MR) is 73.1 cm³/mol. The van der Waals surface area contributed by atoms with Crippen molar-refractivity contribution in [3.63, 3.8) is 0 Å². The van der Waals surface area contributed by atoms with Crippen LogP contribution in [0.3, 0.4) is 0 Å². The summed E-state index contributed by atoms with van der Waals surface area (Å²) in [6.07, 6.45) is 3.20. The molecular weight excluding hydrogens is 270 g/mol. The summed E-state index contributed by atoms with van der Waals surface area (Å²) < 4.78 is 5.33. The van der Waals surface area contributed by atoms with Gasteiger partial charge in [-0.05, 0) is 18.6 Å². The number of H-pyrrole nitrogens is 1. The van der Waals surface area contributed by atoms with Crippen molar-refractivity contribution in [1.29, 1.82) is 5.26 Å². The zero-order valence-electron chi connectivity index (χ0n) is 11.1. The molecule has 0 fully saturated rings. The second-order valence-electron chi connectivity index (χ2n) is 4.58. The van der Waals surface area contributed by atoms with E-state index in [9.17, 15) is 10.1 Å². The Morgan fingerprint density at radius 2 is 2.33 bits per heavy atom. The monoisotopic (exact) mass is 281 g/mol. The lowest BCUT2D eigenvalue weighted by molar-refractivity contribution is 0.373. The molecule has 0 saturated carbocycles. The van der Waals surface area contributed by atoms with Gasteiger partial charge in [0, 0.05) is 12.4 Å². The third kappa shape index (κ3) is 2.03. The molecular formula is C14H11N5O2. The average Bonchev–Trinajstić information content (AvgIpc) is 2.46. The molecule has 0 unspecified atom stereocenters. The van der Waals surface area contributed by atoms with Crippen LogP contribution in [0.5, 0.6) is 5.88 Å². The lowest BCUT2D eigenvalue weighted by Gasteiger charge is -2.24. The molecule has 1 atom stereocenters. The number of aryl methyl sites for hydroxylation is 1. The third-order valence-electron chi connectivity index (χ3n) is 3.23. The quantitative estimate of drug-likeness (QED) is 0.794. The van der Waals surface area contributed by atoms with E-state index in [4.69, 9.17) is 10.5 Å². The number of allylic oxidation sites excluding steroid dienone is 1. The Labute approximate surface area is 119 Å². The number of nitrogens with zero attached hydrogens (tertiary/aromatic N) is 3. The van der Waals surface area contributed by atoms with E-state index in [0.29, 0.717) is 11.4 Å². The highest BCUT2D eigenvalue weighted by Gasteiger charge is 2.34. The number of nitrogens with one attached hydrogen (secondary N) is 1. The summed E-state index contributed by atoms with van der Waals surface area (Å²) in [4.78, 5) is 23.1. The molecule has 0 aliphatic carbocycles. The van der Waals surface area contributed by atoms with Gasteiger partial charge in [-0.1, -0.05) is 6.07 Å². The lowest BCUT2D eigenvalue weighted by atomic mass is 9.86. The number of fused-ring (bicyclic) bond motifs is 1. The van der Waals surface area contributed by atoms with Gasteiger partial charge in [-0.25, -0.2) is 0 Å². The Morgan fingerprint density at radius 3 is 3.00 bits per heavy atom. The highest BCUT2D eigenvalue weighted by Crippen LogP contribution is 2.38. The first-order valence-corrected chi connectivity index (χ1v) is 6.20.